The quantitative estimate of drug-likeness (QED) is 0.726. The van der Waals surface area contributed by atoms with Crippen LogP contribution in [0.5, 0.6) is 0 Å². The summed E-state index contributed by atoms with van der Waals surface area (Å²) >= 11 is 0. The van der Waals surface area contributed by atoms with Gasteiger partial charge in [-0.15, -0.1) is 0 Å². The summed E-state index contributed by atoms with van der Waals surface area (Å²) in [6.45, 7) is 16.9. The third-order valence-corrected chi connectivity index (χ3v) is 3.74. The van der Waals surface area contributed by atoms with Crippen molar-refractivity contribution in [3.8, 4) is 0 Å². The minimum Gasteiger partial charge on any atom is -0.297 e. The van der Waals surface area contributed by atoms with Crippen molar-refractivity contribution in [2.45, 2.75) is 53.1 Å². The molecule has 2 nitrogen and oxygen atoms in total. The molecule has 0 N–H and O–H groups in total. The van der Waals surface area contributed by atoms with Crippen LogP contribution in [0.2, 0.25) is 0 Å². The summed E-state index contributed by atoms with van der Waals surface area (Å²) in [6, 6.07) is 1.71. The molecule has 0 spiro atoms. The minimum atomic E-state index is 0.452. The molecule has 2 heterocycles. The Labute approximate surface area is 101 Å². The molecule has 0 aromatic rings. The van der Waals surface area contributed by atoms with Gasteiger partial charge >= 0.3 is 0 Å². The molecule has 2 saturated heterocycles. The third-order valence-electron chi connectivity index (χ3n) is 3.74. The van der Waals surface area contributed by atoms with Crippen molar-refractivity contribution in [3.63, 3.8) is 0 Å². The Morgan fingerprint density at radius 3 is 2.06 bits per heavy atom. The van der Waals surface area contributed by atoms with Crippen LogP contribution in [0.3, 0.4) is 0 Å². The average Bonchev–Trinajstić information content (AvgIpc) is 2.58. The number of hydrogen-bond acceptors (Lipinski definition) is 2. The summed E-state index contributed by atoms with van der Waals surface area (Å²) in [5.41, 5.74) is 0.452. The smallest absolute Gasteiger partial charge is 0.0239 e. The van der Waals surface area contributed by atoms with Gasteiger partial charge < -0.3 is 0 Å². The Morgan fingerprint density at radius 2 is 1.62 bits per heavy atom. The molecule has 2 bridgehead atoms. The number of fused-ring (bicyclic) bond motifs is 2. The van der Waals surface area contributed by atoms with Gasteiger partial charge in [-0.1, -0.05) is 34.6 Å². The van der Waals surface area contributed by atoms with E-state index in [0.29, 0.717) is 5.41 Å². The van der Waals surface area contributed by atoms with Gasteiger partial charge in [0.05, 0.1) is 0 Å². The van der Waals surface area contributed by atoms with E-state index in [0.717, 1.165) is 18.0 Å². The maximum atomic E-state index is 2.72. The van der Waals surface area contributed by atoms with Crippen LogP contribution in [0.15, 0.2) is 0 Å². The van der Waals surface area contributed by atoms with Crippen molar-refractivity contribution in [2.24, 2.45) is 11.3 Å². The van der Waals surface area contributed by atoms with E-state index in [1.807, 2.05) is 0 Å². The fraction of sp³-hybridized carbons (Fsp3) is 1.00. The van der Waals surface area contributed by atoms with Crippen LogP contribution < -0.4 is 0 Å². The first kappa shape index (κ1) is 12.4. The fourth-order valence-electron chi connectivity index (χ4n) is 3.33. The SMILES string of the molecule is CC(C)CN1C[C@@H]2C[C@H]1CN2CC(C)(C)C. The molecule has 2 aliphatic heterocycles. The predicted octanol–water partition coefficient (Wildman–Crippen LogP) is 2.45. The van der Waals surface area contributed by atoms with Gasteiger partial charge in [-0.25, -0.2) is 0 Å². The highest BCUT2D eigenvalue weighted by molar-refractivity contribution is 5.00. The highest BCUT2D eigenvalue weighted by Crippen LogP contribution is 2.33. The van der Waals surface area contributed by atoms with Gasteiger partial charge in [-0.2, -0.15) is 0 Å². The van der Waals surface area contributed by atoms with Crippen molar-refractivity contribution in [2.75, 3.05) is 26.2 Å². The van der Waals surface area contributed by atoms with Crippen LogP contribution >= 0.6 is 0 Å². The summed E-state index contributed by atoms with van der Waals surface area (Å²) in [5.74, 6) is 0.815. The van der Waals surface area contributed by atoms with E-state index in [4.69, 9.17) is 0 Å². The molecule has 0 saturated carbocycles. The van der Waals surface area contributed by atoms with Gasteiger partial charge in [0.15, 0.2) is 0 Å². The zero-order valence-electron chi connectivity index (χ0n) is 11.7. The molecular weight excluding hydrogens is 196 g/mol. The lowest BCUT2D eigenvalue weighted by Crippen LogP contribution is -2.49. The Balaban J connectivity index is 1.86. The first-order valence-corrected chi connectivity index (χ1v) is 6.83. The van der Waals surface area contributed by atoms with Gasteiger partial charge in [0.25, 0.3) is 0 Å². The highest BCUT2D eigenvalue weighted by Gasteiger charge is 2.43. The van der Waals surface area contributed by atoms with Gasteiger partial charge in [0, 0.05) is 38.3 Å². The van der Waals surface area contributed by atoms with Crippen LogP contribution in [0.1, 0.15) is 41.0 Å². The molecule has 16 heavy (non-hydrogen) atoms. The highest BCUT2D eigenvalue weighted by atomic mass is 15.3. The first-order chi connectivity index (χ1) is 7.35. The molecule has 2 atom stereocenters. The molecule has 0 amide bonds. The van der Waals surface area contributed by atoms with E-state index in [1.54, 1.807) is 0 Å². The number of piperazine rings is 1. The normalized spacial score (nSPS) is 31.9. The van der Waals surface area contributed by atoms with E-state index < -0.39 is 0 Å². The number of nitrogens with zero attached hydrogens (tertiary/aromatic N) is 2. The molecule has 2 heteroatoms. The van der Waals surface area contributed by atoms with Crippen molar-refractivity contribution in [1.29, 1.82) is 0 Å². The van der Waals surface area contributed by atoms with Crippen molar-refractivity contribution in [1.82, 2.24) is 9.80 Å². The summed E-state index contributed by atoms with van der Waals surface area (Å²) in [5, 5.41) is 0. The Kier molecular flexibility index (Phi) is 3.33. The van der Waals surface area contributed by atoms with Crippen molar-refractivity contribution in [3.05, 3.63) is 0 Å². The van der Waals surface area contributed by atoms with E-state index >= 15 is 0 Å². The second-order valence-electron chi connectivity index (χ2n) is 7.38. The van der Waals surface area contributed by atoms with E-state index in [9.17, 15) is 0 Å². The fourth-order valence-corrected chi connectivity index (χ4v) is 3.33. The molecule has 94 valence electrons. The number of hydrogen-bond donors (Lipinski definition) is 0. The molecule has 2 rings (SSSR count). The lowest BCUT2D eigenvalue weighted by molar-refractivity contribution is 0.0918. The molecule has 0 aromatic carbocycles. The van der Waals surface area contributed by atoms with Gasteiger partial charge in [0.2, 0.25) is 0 Å². The Hall–Kier alpha value is -0.0800. The Morgan fingerprint density at radius 1 is 1.06 bits per heavy atom. The summed E-state index contributed by atoms with van der Waals surface area (Å²) < 4.78 is 0. The first-order valence-electron chi connectivity index (χ1n) is 6.83. The predicted molar refractivity (Wildman–Crippen MR) is 69.6 cm³/mol. The molecule has 2 aliphatic rings. The monoisotopic (exact) mass is 224 g/mol. The zero-order chi connectivity index (χ0) is 11.9. The lowest BCUT2D eigenvalue weighted by Gasteiger charge is -2.38. The third kappa shape index (κ3) is 2.78. The standard InChI is InChI=1S/C14H28N2/c1-11(2)7-15-8-13-6-12(15)9-16(13)10-14(3,4)5/h11-13H,6-10H2,1-5H3/t12-,13-/m0/s1. The molecule has 0 aliphatic carbocycles. The van der Waals surface area contributed by atoms with Crippen molar-refractivity contribution >= 4 is 0 Å². The zero-order valence-corrected chi connectivity index (χ0v) is 11.7. The summed E-state index contributed by atoms with van der Waals surface area (Å²) in [6.07, 6.45) is 1.42. The molecular formula is C14H28N2. The maximum absolute atomic E-state index is 2.72. The van der Waals surface area contributed by atoms with Crippen LogP contribution in [0.25, 0.3) is 0 Å². The van der Waals surface area contributed by atoms with Crippen LogP contribution in [-0.2, 0) is 0 Å². The summed E-state index contributed by atoms with van der Waals surface area (Å²) in [7, 11) is 0. The molecule has 0 unspecified atom stereocenters. The average molecular weight is 224 g/mol. The molecule has 0 aromatic heterocycles. The topological polar surface area (TPSA) is 6.48 Å². The number of rotatable bonds is 3. The lowest BCUT2D eigenvalue weighted by atomic mass is 9.95. The number of likely N-dealkylation sites (tertiary alicyclic amines) is 2. The minimum absolute atomic E-state index is 0.452. The maximum Gasteiger partial charge on any atom is 0.0239 e. The van der Waals surface area contributed by atoms with Gasteiger partial charge in [-0.05, 0) is 17.8 Å². The van der Waals surface area contributed by atoms with E-state index in [-0.39, 0.29) is 0 Å². The van der Waals surface area contributed by atoms with Crippen molar-refractivity contribution < 1.29 is 0 Å². The van der Waals surface area contributed by atoms with Crippen LogP contribution in [-0.4, -0.2) is 48.1 Å². The molecule has 2 fully saturated rings. The van der Waals surface area contributed by atoms with Crippen LogP contribution in [0, 0.1) is 11.3 Å². The largest absolute Gasteiger partial charge is 0.297 e. The van der Waals surface area contributed by atoms with Crippen LogP contribution in [0.4, 0.5) is 0 Å². The van der Waals surface area contributed by atoms with E-state index in [1.165, 1.54) is 32.6 Å². The van der Waals surface area contributed by atoms with Gasteiger partial charge in [-0.3, -0.25) is 9.80 Å². The Bertz CT molecular complexity index is 242. The van der Waals surface area contributed by atoms with E-state index in [2.05, 4.69) is 44.4 Å². The van der Waals surface area contributed by atoms with Gasteiger partial charge in [0.1, 0.15) is 0 Å². The second-order valence-corrected chi connectivity index (χ2v) is 7.38. The molecule has 0 radical (unpaired) electrons. The summed E-state index contributed by atoms with van der Waals surface area (Å²) in [4.78, 5) is 5.44. The second kappa shape index (κ2) is 4.30.